The number of nitrogens with zero attached hydrogens (tertiary/aromatic N) is 1. The molecule has 2 aromatic heterocycles. The number of nitrogens with one attached hydrogen (secondary N) is 2. The van der Waals surface area contributed by atoms with Crippen LogP contribution >= 0.6 is 22.7 Å². The van der Waals surface area contributed by atoms with Gasteiger partial charge in [0.15, 0.2) is 0 Å². The van der Waals surface area contributed by atoms with Crippen LogP contribution in [0, 0.1) is 0 Å². The highest BCUT2D eigenvalue weighted by Gasteiger charge is 2.18. The maximum Gasteiger partial charge on any atom is 0.312 e. The molecule has 8 heteroatoms. The molecule has 2 heterocycles. The first kappa shape index (κ1) is 16.4. The number of thiazole rings is 1. The van der Waals surface area contributed by atoms with Crippen molar-refractivity contribution in [2.24, 2.45) is 5.73 Å². The molecule has 0 saturated carbocycles. The first-order valence-corrected chi connectivity index (χ1v) is 9.02. The smallest absolute Gasteiger partial charge is 0.312 e. The van der Waals surface area contributed by atoms with Gasteiger partial charge in [0.05, 0.1) is 29.2 Å². The van der Waals surface area contributed by atoms with Crippen molar-refractivity contribution >= 4 is 44.8 Å². The fourth-order valence-corrected chi connectivity index (χ4v) is 4.00. The third-order valence-electron chi connectivity index (χ3n) is 3.37. The quantitative estimate of drug-likeness (QED) is 0.630. The molecule has 0 radical (unpaired) electrons. The van der Waals surface area contributed by atoms with Gasteiger partial charge in [0.2, 0.25) is 5.91 Å². The highest BCUT2D eigenvalue weighted by Crippen LogP contribution is 2.23. The Morgan fingerprint density at radius 2 is 2.04 bits per heavy atom. The van der Waals surface area contributed by atoms with Crippen molar-refractivity contribution in [3.05, 3.63) is 51.7 Å². The van der Waals surface area contributed by atoms with E-state index in [0.717, 1.165) is 20.1 Å². The highest BCUT2D eigenvalue weighted by atomic mass is 32.1. The van der Waals surface area contributed by atoms with E-state index in [0.29, 0.717) is 6.54 Å². The topological polar surface area (TPSA) is 97.1 Å². The molecule has 3 aromatic rings. The Hall–Kier alpha value is -2.45. The Kier molecular flexibility index (Phi) is 5.07. The van der Waals surface area contributed by atoms with Crippen LogP contribution in [-0.2, 0) is 11.3 Å². The lowest BCUT2D eigenvalue weighted by atomic mass is 10.1. The minimum Gasteiger partial charge on any atom is -0.352 e. The second-order valence-electron chi connectivity index (χ2n) is 5.13. The van der Waals surface area contributed by atoms with Gasteiger partial charge in [0.1, 0.15) is 5.01 Å². The van der Waals surface area contributed by atoms with E-state index < -0.39 is 12.1 Å². The van der Waals surface area contributed by atoms with Gasteiger partial charge in [-0.1, -0.05) is 18.2 Å². The molecule has 4 N–H and O–H groups in total. The molecule has 0 saturated heterocycles. The van der Waals surface area contributed by atoms with E-state index in [4.69, 9.17) is 5.73 Å². The van der Waals surface area contributed by atoms with E-state index in [9.17, 15) is 9.59 Å². The van der Waals surface area contributed by atoms with Gasteiger partial charge in [-0.2, -0.15) is 0 Å². The number of carbonyl (C=O) groups excluding carboxylic acids is 2. The van der Waals surface area contributed by atoms with Crippen LogP contribution < -0.4 is 16.4 Å². The molecule has 24 heavy (non-hydrogen) atoms. The normalized spacial score (nSPS) is 12.0. The number of para-hydroxylation sites is 1. The molecule has 3 amide bonds. The zero-order valence-electron chi connectivity index (χ0n) is 12.7. The molecule has 0 aliphatic heterocycles. The lowest BCUT2D eigenvalue weighted by Gasteiger charge is -2.15. The summed E-state index contributed by atoms with van der Waals surface area (Å²) in [6.07, 6.45) is 0.133. The van der Waals surface area contributed by atoms with Crippen molar-refractivity contribution in [3.63, 3.8) is 0 Å². The monoisotopic (exact) mass is 360 g/mol. The van der Waals surface area contributed by atoms with Gasteiger partial charge < -0.3 is 16.4 Å². The zero-order chi connectivity index (χ0) is 16.9. The second-order valence-corrected chi connectivity index (χ2v) is 7.23. The van der Waals surface area contributed by atoms with Crippen LogP contribution in [0.15, 0.2) is 41.8 Å². The van der Waals surface area contributed by atoms with E-state index in [1.54, 1.807) is 11.3 Å². The van der Waals surface area contributed by atoms with Crippen LogP contribution in [0.1, 0.15) is 22.3 Å². The average molecular weight is 360 g/mol. The number of nitrogens with two attached hydrogens (primary N) is 1. The number of hydrogen-bond acceptors (Lipinski definition) is 5. The first-order valence-electron chi connectivity index (χ1n) is 7.32. The largest absolute Gasteiger partial charge is 0.352 e. The maximum absolute atomic E-state index is 12.2. The van der Waals surface area contributed by atoms with Gasteiger partial charge in [-0.3, -0.25) is 4.79 Å². The number of urea groups is 1. The molecule has 0 fully saturated rings. The number of thiophene rings is 1. The van der Waals surface area contributed by atoms with Crippen molar-refractivity contribution in [1.82, 2.24) is 15.6 Å². The van der Waals surface area contributed by atoms with Gasteiger partial charge in [0, 0.05) is 4.88 Å². The minimum atomic E-state index is -0.646. The van der Waals surface area contributed by atoms with E-state index in [2.05, 4.69) is 15.6 Å². The van der Waals surface area contributed by atoms with Crippen LogP contribution in [0.3, 0.4) is 0 Å². The predicted molar refractivity (Wildman–Crippen MR) is 95.9 cm³/mol. The number of hydrogen-bond donors (Lipinski definition) is 3. The summed E-state index contributed by atoms with van der Waals surface area (Å²) in [4.78, 5) is 28.7. The molecular weight excluding hydrogens is 344 g/mol. The Labute approximate surface area is 146 Å². The van der Waals surface area contributed by atoms with E-state index in [-0.39, 0.29) is 12.3 Å². The number of primary amides is 1. The average Bonchev–Trinajstić information content (AvgIpc) is 3.21. The number of aromatic nitrogens is 1. The van der Waals surface area contributed by atoms with Gasteiger partial charge in [-0.15, -0.1) is 22.7 Å². The molecule has 124 valence electrons. The Morgan fingerprint density at radius 3 is 2.75 bits per heavy atom. The summed E-state index contributed by atoms with van der Waals surface area (Å²) in [6, 6.07) is 10.5. The summed E-state index contributed by atoms with van der Waals surface area (Å²) in [6.45, 7) is 0.367. The second kappa shape index (κ2) is 7.41. The minimum absolute atomic E-state index is 0.133. The number of carbonyl (C=O) groups is 2. The molecule has 0 aliphatic rings. The van der Waals surface area contributed by atoms with Crippen molar-refractivity contribution in [2.45, 2.75) is 19.0 Å². The van der Waals surface area contributed by atoms with Gasteiger partial charge in [0.25, 0.3) is 0 Å². The maximum atomic E-state index is 12.2. The van der Waals surface area contributed by atoms with E-state index >= 15 is 0 Å². The third kappa shape index (κ3) is 4.09. The predicted octanol–water partition coefficient (Wildman–Crippen LogP) is 2.77. The van der Waals surface area contributed by atoms with Gasteiger partial charge >= 0.3 is 6.03 Å². The van der Waals surface area contributed by atoms with Crippen LogP contribution in [-0.4, -0.2) is 16.9 Å². The van der Waals surface area contributed by atoms with Crippen LogP contribution in [0.25, 0.3) is 10.2 Å². The first-order chi connectivity index (χ1) is 11.6. The molecule has 1 aromatic carbocycles. The lowest BCUT2D eigenvalue weighted by Crippen LogP contribution is -2.36. The SMILES string of the molecule is NC(=O)NC(CC(=O)NCc1nc2ccccc2s1)c1cccs1. The molecular formula is C16H16N4O2S2. The van der Waals surface area contributed by atoms with Crippen molar-refractivity contribution in [2.75, 3.05) is 0 Å². The van der Waals surface area contributed by atoms with Gasteiger partial charge in [-0.05, 0) is 23.6 Å². The number of fused-ring (bicyclic) bond motifs is 1. The lowest BCUT2D eigenvalue weighted by molar-refractivity contribution is -0.121. The summed E-state index contributed by atoms with van der Waals surface area (Å²) >= 11 is 3.02. The highest BCUT2D eigenvalue weighted by molar-refractivity contribution is 7.18. The number of amides is 3. The summed E-state index contributed by atoms with van der Waals surface area (Å²) in [5.74, 6) is -0.165. The van der Waals surface area contributed by atoms with Crippen LogP contribution in [0.4, 0.5) is 4.79 Å². The Bertz CT molecular complexity index is 812. The van der Waals surface area contributed by atoms with Crippen LogP contribution in [0.5, 0.6) is 0 Å². The van der Waals surface area contributed by atoms with Crippen molar-refractivity contribution < 1.29 is 9.59 Å². The van der Waals surface area contributed by atoms with Crippen molar-refractivity contribution in [1.29, 1.82) is 0 Å². The molecule has 0 bridgehead atoms. The Morgan fingerprint density at radius 1 is 1.21 bits per heavy atom. The van der Waals surface area contributed by atoms with E-state index in [1.807, 2.05) is 41.8 Å². The molecule has 6 nitrogen and oxygen atoms in total. The summed E-state index contributed by atoms with van der Waals surface area (Å²) < 4.78 is 1.09. The number of rotatable bonds is 6. The summed E-state index contributed by atoms with van der Waals surface area (Å²) in [7, 11) is 0. The Balaban J connectivity index is 1.60. The molecule has 1 unspecified atom stereocenters. The molecule has 0 spiro atoms. The van der Waals surface area contributed by atoms with Crippen molar-refractivity contribution in [3.8, 4) is 0 Å². The van der Waals surface area contributed by atoms with Crippen LogP contribution in [0.2, 0.25) is 0 Å². The van der Waals surface area contributed by atoms with E-state index in [1.165, 1.54) is 11.3 Å². The summed E-state index contributed by atoms with van der Waals surface area (Å²) in [5, 5.41) is 8.20. The summed E-state index contributed by atoms with van der Waals surface area (Å²) in [5.41, 5.74) is 6.13. The molecule has 0 aliphatic carbocycles. The third-order valence-corrected chi connectivity index (χ3v) is 5.39. The fraction of sp³-hybridized carbons (Fsp3) is 0.188. The molecule has 3 rings (SSSR count). The zero-order valence-corrected chi connectivity index (χ0v) is 14.3. The standard InChI is InChI=1S/C16H16N4O2S2/c17-16(22)20-11(12-6-3-7-23-12)8-14(21)18-9-15-19-10-4-1-2-5-13(10)24-15/h1-7,11H,8-9H2,(H,18,21)(H3,17,20,22). The molecule has 1 atom stereocenters. The fourth-order valence-electron chi connectivity index (χ4n) is 2.31. The number of benzene rings is 1. The van der Waals surface area contributed by atoms with Gasteiger partial charge in [-0.25, -0.2) is 9.78 Å².